The maximum Gasteiger partial charge on any atom is 0.355 e. The van der Waals surface area contributed by atoms with E-state index < -0.39 is 34.4 Å². The highest BCUT2D eigenvalue weighted by Crippen LogP contribution is 2.20. The number of esters is 2. The summed E-state index contributed by atoms with van der Waals surface area (Å²) in [7, 11) is -4.01. The van der Waals surface area contributed by atoms with Gasteiger partial charge in [0.15, 0.2) is 6.61 Å². The van der Waals surface area contributed by atoms with Gasteiger partial charge in [-0.1, -0.05) is 6.07 Å². The lowest BCUT2D eigenvalue weighted by Gasteiger charge is -2.08. The first-order valence-corrected chi connectivity index (χ1v) is 10.2. The number of primary sulfonamides is 1. The molecule has 0 spiro atoms. The van der Waals surface area contributed by atoms with Crippen molar-refractivity contribution < 1.29 is 32.3 Å². The van der Waals surface area contributed by atoms with Gasteiger partial charge in [-0.15, -0.1) is 0 Å². The molecular formula is C19H22N2O7S. The Morgan fingerprint density at radius 2 is 1.72 bits per heavy atom. The van der Waals surface area contributed by atoms with Gasteiger partial charge in [0.25, 0.3) is 0 Å². The largest absolute Gasteiger partial charge is 0.461 e. The van der Waals surface area contributed by atoms with E-state index in [2.05, 4.69) is 4.98 Å². The number of nitrogens with one attached hydrogen (secondary N) is 1. The number of aromatic amines is 1. The Balaban J connectivity index is 2.18. The summed E-state index contributed by atoms with van der Waals surface area (Å²) in [6.45, 7) is 6.01. The van der Waals surface area contributed by atoms with Crippen LogP contribution in [0.4, 0.5) is 0 Å². The van der Waals surface area contributed by atoms with Gasteiger partial charge in [0, 0.05) is 11.3 Å². The number of aromatic nitrogens is 1. The minimum Gasteiger partial charge on any atom is -0.461 e. The van der Waals surface area contributed by atoms with Crippen LogP contribution in [-0.2, 0) is 19.5 Å². The van der Waals surface area contributed by atoms with E-state index >= 15 is 0 Å². The average molecular weight is 422 g/mol. The Kier molecular flexibility index (Phi) is 6.60. The molecule has 1 aromatic carbocycles. The van der Waals surface area contributed by atoms with Crippen molar-refractivity contribution in [2.75, 3.05) is 13.2 Å². The number of Topliss-reactive ketones (excluding diaryl/α,β-unsaturated/α-hetero) is 1. The quantitative estimate of drug-likeness (QED) is 0.511. The van der Waals surface area contributed by atoms with Gasteiger partial charge in [-0.25, -0.2) is 23.1 Å². The van der Waals surface area contributed by atoms with Crippen LogP contribution in [0.25, 0.3) is 0 Å². The molecule has 0 unspecified atom stereocenters. The molecule has 156 valence electrons. The monoisotopic (exact) mass is 422 g/mol. The van der Waals surface area contributed by atoms with Gasteiger partial charge < -0.3 is 14.5 Å². The molecule has 10 heteroatoms. The average Bonchev–Trinajstić information content (AvgIpc) is 2.93. The minimum absolute atomic E-state index is 0.0536. The lowest BCUT2D eigenvalue weighted by molar-refractivity contribution is 0.0472. The standard InChI is InChI=1S/C19H22N2O7S/c1-5-27-19(24)17-11(3)16(12(4)21-17)14(22)9-28-18(23)13-7-6-10(2)15(8-13)29(20,25)26/h6-8,21H,5,9H2,1-4H3,(H2,20,25,26). The molecule has 0 radical (unpaired) electrons. The van der Waals surface area contributed by atoms with Gasteiger partial charge in [-0.3, -0.25) is 4.79 Å². The predicted molar refractivity (Wildman–Crippen MR) is 103 cm³/mol. The van der Waals surface area contributed by atoms with Crippen LogP contribution in [0.15, 0.2) is 23.1 Å². The Morgan fingerprint density at radius 3 is 2.31 bits per heavy atom. The Hall–Kier alpha value is -2.98. The van der Waals surface area contributed by atoms with E-state index in [-0.39, 0.29) is 28.3 Å². The fourth-order valence-corrected chi connectivity index (χ4v) is 3.70. The van der Waals surface area contributed by atoms with Crippen molar-refractivity contribution in [2.24, 2.45) is 5.14 Å². The maximum atomic E-state index is 12.5. The zero-order valence-electron chi connectivity index (χ0n) is 16.5. The molecule has 0 aliphatic rings. The second-order valence-corrected chi connectivity index (χ2v) is 7.90. The second kappa shape index (κ2) is 8.58. The summed E-state index contributed by atoms with van der Waals surface area (Å²) in [5, 5.41) is 5.13. The normalized spacial score (nSPS) is 11.2. The fraction of sp³-hybridized carbons (Fsp3) is 0.316. The van der Waals surface area contributed by atoms with Crippen molar-refractivity contribution in [1.29, 1.82) is 0 Å². The number of hydrogen-bond donors (Lipinski definition) is 2. The molecule has 0 atom stereocenters. The van der Waals surface area contributed by atoms with Crippen LogP contribution in [0.2, 0.25) is 0 Å². The summed E-state index contributed by atoms with van der Waals surface area (Å²) in [6.07, 6.45) is 0. The molecule has 3 N–H and O–H groups in total. The molecule has 2 aromatic rings. The predicted octanol–water partition coefficient (Wildman–Crippen LogP) is 1.80. The number of carbonyl (C=O) groups is 3. The van der Waals surface area contributed by atoms with E-state index in [4.69, 9.17) is 14.6 Å². The van der Waals surface area contributed by atoms with Crippen LogP contribution in [0.3, 0.4) is 0 Å². The van der Waals surface area contributed by atoms with Gasteiger partial charge >= 0.3 is 11.9 Å². The van der Waals surface area contributed by atoms with E-state index in [1.807, 2.05) is 0 Å². The minimum atomic E-state index is -4.01. The first-order chi connectivity index (χ1) is 13.5. The van der Waals surface area contributed by atoms with Crippen molar-refractivity contribution in [3.63, 3.8) is 0 Å². The molecule has 9 nitrogen and oxygen atoms in total. The molecule has 1 heterocycles. The lowest BCUT2D eigenvalue weighted by Crippen LogP contribution is -2.17. The summed E-state index contributed by atoms with van der Waals surface area (Å²) < 4.78 is 33.1. The molecule has 1 aromatic heterocycles. The fourth-order valence-electron chi connectivity index (χ4n) is 2.90. The number of carbonyl (C=O) groups excluding carboxylic acids is 3. The van der Waals surface area contributed by atoms with E-state index in [0.29, 0.717) is 16.8 Å². The van der Waals surface area contributed by atoms with E-state index in [1.165, 1.54) is 19.1 Å². The van der Waals surface area contributed by atoms with Crippen LogP contribution in [0.1, 0.15) is 54.9 Å². The molecule has 0 bridgehead atoms. The first kappa shape index (κ1) is 22.3. The number of H-pyrrole nitrogens is 1. The van der Waals surface area contributed by atoms with Gasteiger partial charge in [0.2, 0.25) is 15.8 Å². The van der Waals surface area contributed by atoms with E-state index in [0.717, 1.165) is 6.07 Å². The number of aryl methyl sites for hydroxylation is 2. The third kappa shape index (κ3) is 4.90. The summed E-state index contributed by atoms with van der Waals surface area (Å²) >= 11 is 0. The Morgan fingerprint density at radius 1 is 1.07 bits per heavy atom. The number of hydrogen-bond acceptors (Lipinski definition) is 7. The molecule has 0 amide bonds. The third-order valence-electron chi connectivity index (χ3n) is 4.26. The highest BCUT2D eigenvalue weighted by atomic mass is 32.2. The second-order valence-electron chi connectivity index (χ2n) is 6.37. The van der Waals surface area contributed by atoms with Crippen LogP contribution in [0, 0.1) is 20.8 Å². The van der Waals surface area contributed by atoms with Crippen LogP contribution >= 0.6 is 0 Å². The first-order valence-electron chi connectivity index (χ1n) is 8.67. The highest BCUT2D eigenvalue weighted by molar-refractivity contribution is 7.89. The van der Waals surface area contributed by atoms with Crippen molar-refractivity contribution in [3.05, 3.63) is 51.8 Å². The van der Waals surface area contributed by atoms with Crippen LogP contribution < -0.4 is 5.14 Å². The highest BCUT2D eigenvalue weighted by Gasteiger charge is 2.24. The van der Waals surface area contributed by atoms with Gasteiger partial charge in [0.05, 0.1) is 17.1 Å². The molecule has 2 rings (SSSR count). The molecular weight excluding hydrogens is 400 g/mol. The SMILES string of the molecule is CCOC(=O)c1[nH]c(C)c(C(=O)COC(=O)c2ccc(C)c(S(N)(=O)=O)c2)c1C. The maximum absolute atomic E-state index is 12.5. The molecule has 29 heavy (non-hydrogen) atoms. The van der Waals surface area contributed by atoms with Crippen LogP contribution in [-0.4, -0.2) is 44.3 Å². The number of rotatable bonds is 7. The number of benzene rings is 1. The third-order valence-corrected chi connectivity index (χ3v) is 5.31. The zero-order chi connectivity index (χ0) is 21.9. The zero-order valence-corrected chi connectivity index (χ0v) is 17.3. The molecule has 0 aliphatic carbocycles. The van der Waals surface area contributed by atoms with Crippen LogP contribution in [0.5, 0.6) is 0 Å². The molecule has 0 saturated heterocycles. The smallest absolute Gasteiger partial charge is 0.355 e. The van der Waals surface area contributed by atoms with Crippen molar-refractivity contribution >= 4 is 27.7 Å². The summed E-state index contributed by atoms with van der Waals surface area (Å²) in [6, 6.07) is 3.90. The lowest BCUT2D eigenvalue weighted by atomic mass is 10.1. The Labute approximate surface area is 168 Å². The van der Waals surface area contributed by atoms with E-state index in [1.54, 1.807) is 20.8 Å². The molecule has 0 fully saturated rings. The summed E-state index contributed by atoms with van der Waals surface area (Å²) in [4.78, 5) is 39.3. The van der Waals surface area contributed by atoms with Crippen molar-refractivity contribution in [3.8, 4) is 0 Å². The van der Waals surface area contributed by atoms with Gasteiger partial charge in [0.1, 0.15) is 5.69 Å². The topological polar surface area (TPSA) is 146 Å². The number of sulfonamides is 1. The van der Waals surface area contributed by atoms with Crippen molar-refractivity contribution in [2.45, 2.75) is 32.6 Å². The number of ether oxygens (including phenoxy) is 2. The van der Waals surface area contributed by atoms with Gasteiger partial charge in [-0.2, -0.15) is 0 Å². The van der Waals surface area contributed by atoms with Crippen molar-refractivity contribution in [1.82, 2.24) is 4.98 Å². The van der Waals surface area contributed by atoms with E-state index in [9.17, 15) is 22.8 Å². The number of nitrogens with two attached hydrogens (primary N) is 1. The molecule has 0 aliphatic heterocycles. The Bertz CT molecular complexity index is 1080. The van der Waals surface area contributed by atoms with Gasteiger partial charge in [-0.05, 0) is 51.0 Å². The molecule has 0 saturated carbocycles. The summed E-state index contributed by atoms with van der Waals surface area (Å²) in [5.74, 6) is -1.97. The summed E-state index contributed by atoms with van der Waals surface area (Å²) in [5.41, 5.74) is 1.56. The number of ketones is 1.